The van der Waals surface area contributed by atoms with Crippen molar-refractivity contribution in [1.29, 1.82) is 0 Å². The molecule has 11 heteroatoms. The Morgan fingerprint density at radius 1 is 0.793 bits per heavy atom. The third-order valence-electron chi connectivity index (χ3n) is 9.98. The Bertz CT molecular complexity index is 1650. The predicted octanol–water partition coefficient (Wildman–Crippen LogP) is 7.90. The summed E-state index contributed by atoms with van der Waals surface area (Å²) in [5, 5.41) is 11.8. The number of carbonyl (C=O) groups is 1. The summed E-state index contributed by atoms with van der Waals surface area (Å²) in [6, 6.07) is 28.4. The van der Waals surface area contributed by atoms with Crippen LogP contribution in [0.2, 0.25) is 5.04 Å². The Labute approximate surface area is 348 Å². The number of methoxy groups -OCH3 is 1. The van der Waals surface area contributed by atoms with Gasteiger partial charge in [0.1, 0.15) is 24.1 Å². The number of carbonyl (C=O) groups excluding carboxylic acids is 1. The number of esters is 1. The van der Waals surface area contributed by atoms with E-state index < -0.39 is 38.2 Å². The maximum atomic E-state index is 12.1. The van der Waals surface area contributed by atoms with E-state index in [-0.39, 0.29) is 50.0 Å². The van der Waals surface area contributed by atoms with Crippen molar-refractivity contribution in [3.05, 3.63) is 116 Å². The van der Waals surface area contributed by atoms with Crippen molar-refractivity contribution >= 4 is 24.7 Å². The van der Waals surface area contributed by atoms with Crippen molar-refractivity contribution in [2.24, 2.45) is 0 Å². The van der Waals surface area contributed by atoms with Crippen LogP contribution in [0.25, 0.3) is 0 Å². The van der Waals surface area contributed by atoms with Crippen LogP contribution in [-0.2, 0) is 44.2 Å². The number of hydrogen-bond donors (Lipinski definition) is 1. The zero-order valence-electron chi connectivity index (χ0n) is 35.3. The zero-order valence-corrected chi connectivity index (χ0v) is 36.3. The molecule has 0 amide bonds. The summed E-state index contributed by atoms with van der Waals surface area (Å²) < 4.78 is 48.0. The summed E-state index contributed by atoms with van der Waals surface area (Å²) in [7, 11) is -1.17. The lowest BCUT2D eigenvalue weighted by Gasteiger charge is -2.44. The molecule has 2 unspecified atom stereocenters. The van der Waals surface area contributed by atoms with E-state index in [0.29, 0.717) is 19.4 Å². The Balaban J connectivity index is 0.000000328. The Kier molecular flexibility index (Phi) is 18.1. The molecule has 2 saturated heterocycles. The van der Waals surface area contributed by atoms with Crippen LogP contribution in [0.1, 0.15) is 81.2 Å². The summed E-state index contributed by atoms with van der Waals surface area (Å²) in [6.07, 6.45) is 2.52. The molecule has 6 atom stereocenters. The minimum Gasteiger partial charge on any atom is -0.497 e. The van der Waals surface area contributed by atoms with Crippen molar-refractivity contribution in [3.63, 3.8) is 0 Å². The first kappa shape index (κ1) is 48.7. The smallest absolute Gasteiger partial charge is 0.303 e. The van der Waals surface area contributed by atoms with Crippen LogP contribution >= 0.6 is 0 Å². The molecule has 2 aliphatic heterocycles. The molecular weight excluding hydrogens is 753 g/mol. The van der Waals surface area contributed by atoms with E-state index in [0.717, 1.165) is 11.3 Å². The summed E-state index contributed by atoms with van der Waals surface area (Å²) >= 11 is 0. The summed E-state index contributed by atoms with van der Waals surface area (Å²) in [4.78, 5) is 12.1. The van der Waals surface area contributed by atoms with E-state index in [1.807, 2.05) is 64.1 Å². The van der Waals surface area contributed by atoms with Gasteiger partial charge < -0.3 is 42.7 Å². The number of hydrogen-bond acceptors (Lipinski definition) is 10. The molecule has 0 aromatic heterocycles. The van der Waals surface area contributed by atoms with E-state index in [4.69, 9.17) is 37.6 Å². The molecule has 0 aliphatic carbocycles. The second-order valence-corrected chi connectivity index (χ2v) is 20.6. The molecule has 1 N–H and O–H groups in total. The molecule has 320 valence electrons. The minimum absolute atomic E-state index is 0. The molecule has 0 radical (unpaired) electrons. The number of ether oxygens (including phenoxy) is 7. The van der Waals surface area contributed by atoms with E-state index in [1.54, 1.807) is 19.3 Å². The highest BCUT2D eigenvalue weighted by Gasteiger charge is 2.52. The lowest BCUT2D eigenvalue weighted by atomic mass is 10.1. The van der Waals surface area contributed by atoms with E-state index in [9.17, 15) is 9.90 Å². The molecule has 0 saturated carbocycles. The molecular formula is C47H68O10Si. The lowest BCUT2D eigenvalue weighted by Crippen LogP contribution is -2.67. The largest absolute Gasteiger partial charge is 0.497 e. The minimum atomic E-state index is -2.80. The fourth-order valence-electron chi connectivity index (χ4n) is 7.60. The maximum Gasteiger partial charge on any atom is 0.303 e. The number of aliphatic hydroxyl groups is 1. The standard InChI is InChI=1S/C28H38O5Si.C18H26O5.CH4/c1-8-15-24-26(33-28(6,7)32-24)25(31-21(2)29)20-30-34(27(3,4)5,22-16-11-9-12-17-22)23-18-13-10-14-19-23;1-5-6-15-17(23-18(2,3)22-15)16(11-19)21-12-13-7-9-14(20-4)10-8-13;/h8-14,16-19,24-26H,1,15,20H2,2-7H3;5,7-10,15-17,19H,1,6,11-12H2,2-4H3;1H4/t24-,25+,26?;15-,16+,17?;/m00./s1. The molecule has 3 aromatic carbocycles. The van der Waals surface area contributed by atoms with Crippen LogP contribution in [-0.4, -0.2) is 87.9 Å². The van der Waals surface area contributed by atoms with Gasteiger partial charge >= 0.3 is 5.97 Å². The Hall–Kier alpha value is -3.65. The van der Waals surface area contributed by atoms with Gasteiger partial charge in [-0.15, -0.1) is 13.2 Å². The first-order valence-corrected chi connectivity index (χ1v) is 21.6. The van der Waals surface area contributed by atoms with Gasteiger partial charge in [0.15, 0.2) is 17.7 Å². The van der Waals surface area contributed by atoms with E-state index in [1.165, 1.54) is 17.3 Å². The fourth-order valence-corrected chi connectivity index (χ4v) is 12.2. The fraction of sp³-hybridized carbons (Fsp3) is 0.511. The summed E-state index contributed by atoms with van der Waals surface area (Å²) in [5.74, 6) is -1.04. The van der Waals surface area contributed by atoms with Crippen molar-refractivity contribution in [2.45, 2.75) is 136 Å². The van der Waals surface area contributed by atoms with Gasteiger partial charge in [-0.1, -0.05) is 113 Å². The maximum absolute atomic E-state index is 12.1. The molecule has 5 rings (SSSR count). The topological polar surface area (TPSA) is 111 Å². The molecule has 2 fully saturated rings. The normalized spacial score (nSPS) is 22.0. The van der Waals surface area contributed by atoms with Crippen molar-refractivity contribution in [2.75, 3.05) is 20.3 Å². The van der Waals surface area contributed by atoms with Gasteiger partial charge in [-0.05, 0) is 73.6 Å². The van der Waals surface area contributed by atoms with Crippen LogP contribution in [0.5, 0.6) is 5.75 Å². The first-order chi connectivity index (χ1) is 27.0. The number of rotatable bonds is 17. The van der Waals surface area contributed by atoms with Crippen molar-refractivity contribution < 1.29 is 47.5 Å². The third-order valence-corrected chi connectivity index (χ3v) is 15.0. The van der Waals surface area contributed by atoms with Gasteiger partial charge in [0, 0.05) is 6.92 Å². The molecule has 0 bridgehead atoms. The molecule has 58 heavy (non-hydrogen) atoms. The van der Waals surface area contributed by atoms with Crippen LogP contribution in [0.3, 0.4) is 0 Å². The first-order valence-electron chi connectivity index (χ1n) is 19.7. The van der Waals surface area contributed by atoms with Gasteiger partial charge in [-0.2, -0.15) is 0 Å². The van der Waals surface area contributed by atoms with Gasteiger partial charge in [-0.3, -0.25) is 4.79 Å². The highest BCUT2D eigenvalue weighted by molar-refractivity contribution is 6.99. The van der Waals surface area contributed by atoms with Gasteiger partial charge in [0.2, 0.25) is 0 Å². The van der Waals surface area contributed by atoms with Gasteiger partial charge in [-0.25, -0.2) is 0 Å². The predicted molar refractivity (Wildman–Crippen MR) is 232 cm³/mol. The van der Waals surface area contributed by atoms with Gasteiger partial charge in [0.25, 0.3) is 8.32 Å². The summed E-state index contributed by atoms with van der Waals surface area (Å²) in [6.45, 7) is 23.6. The lowest BCUT2D eigenvalue weighted by molar-refractivity contribution is -0.172. The van der Waals surface area contributed by atoms with E-state index in [2.05, 4.69) is 82.5 Å². The second kappa shape index (κ2) is 21.6. The average molecular weight is 821 g/mol. The highest BCUT2D eigenvalue weighted by Crippen LogP contribution is 2.39. The zero-order chi connectivity index (χ0) is 41.9. The second-order valence-electron chi connectivity index (χ2n) is 16.3. The average Bonchev–Trinajstić information content (AvgIpc) is 3.65. The van der Waals surface area contributed by atoms with Crippen LogP contribution in [0, 0.1) is 0 Å². The SMILES string of the molecule is C.C=CC[C@@H]1OC(C)(C)OC1[C@@H](CO)OCc1ccc(OC)cc1.C=CC[C@@H]1OC(C)(C)OC1[C@@H](CO[Si](c1ccccc1)(c1ccccc1)C(C)(C)C)OC(C)=O. The monoisotopic (exact) mass is 820 g/mol. The molecule has 2 aliphatic rings. The van der Waals surface area contributed by atoms with Gasteiger partial charge in [0.05, 0.1) is 39.1 Å². The van der Waals surface area contributed by atoms with Crippen molar-refractivity contribution in [3.8, 4) is 5.75 Å². The van der Waals surface area contributed by atoms with Crippen LogP contribution in [0.15, 0.2) is 110 Å². The Morgan fingerprint density at radius 3 is 1.66 bits per heavy atom. The van der Waals surface area contributed by atoms with Crippen LogP contribution < -0.4 is 15.1 Å². The number of aliphatic hydroxyl groups excluding tert-OH is 1. The van der Waals surface area contributed by atoms with Crippen molar-refractivity contribution in [1.82, 2.24) is 0 Å². The molecule has 0 spiro atoms. The molecule has 3 aromatic rings. The van der Waals surface area contributed by atoms with Crippen LogP contribution in [0.4, 0.5) is 0 Å². The molecule has 10 nitrogen and oxygen atoms in total. The molecule has 2 heterocycles. The number of benzene rings is 3. The quantitative estimate of drug-likeness (QED) is 0.0820. The van der Waals surface area contributed by atoms with E-state index >= 15 is 0 Å². The summed E-state index contributed by atoms with van der Waals surface area (Å²) in [5.41, 5.74) is 1.00. The highest BCUT2D eigenvalue weighted by atomic mass is 28.4. The Morgan fingerprint density at radius 2 is 1.26 bits per heavy atom. The third kappa shape index (κ3) is 12.7.